The van der Waals surface area contributed by atoms with Crippen LogP contribution in [0.2, 0.25) is 0 Å². The maximum atomic E-state index is 5.88. The van der Waals surface area contributed by atoms with Crippen molar-refractivity contribution in [2.45, 2.75) is 26.5 Å². The van der Waals surface area contributed by atoms with Gasteiger partial charge < -0.3 is 4.74 Å². The van der Waals surface area contributed by atoms with Crippen LogP contribution in [-0.4, -0.2) is 13.2 Å². The summed E-state index contributed by atoms with van der Waals surface area (Å²) in [6.45, 7) is 8.33. The summed E-state index contributed by atoms with van der Waals surface area (Å²) in [4.78, 5) is 2.62. The predicted molar refractivity (Wildman–Crippen MR) is 59.5 cm³/mol. The number of rotatable bonds is 1. The van der Waals surface area contributed by atoms with E-state index in [0.29, 0.717) is 5.92 Å². The lowest BCUT2D eigenvalue weighted by molar-refractivity contribution is -0.104. The van der Waals surface area contributed by atoms with E-state index in [2.05, 4.69) is 38.2 Å². The zero-order valence-electron chi connectivity index (χ0n) is 8.96. The van der Waals surface area contributed by atoms with Crippen LogP contribution in [0.5, 0.6) is 0 Å². The monoisotopic (exact) mass is 211 g/mol. The molecule has 2 rings (SSSR count). The maximum Gasteiger partial charge on any atom is 0.151 e. The molecule has 1 aromatic heterocycles. The molecule has 1 aliphatic rings. The Balaban J connectivity index is 2.16. The van der Waals surface area contributed by atoms with Crippen molar-refractivity contribution in [1.82, 2.24) is 5.32 Å². The lowest BCUT2D eigenvalue weighted by Gasteiger charge is -2.37. The zero-order chi connectivity index (χ0) is 10.2. The molecule has 1 N–H and O–H groups in total. The minimum atomic E-state index is -0.258. The lowest BCUT2D eigenvalue weighted by atomic mass is 10.1. The van der Waals surface area contributed by atoms with Gasteiger partial charge in [0, 0.05) is 11.4 Å². The Hall–Kier alpha value is -0.380. The third kappa shape index (κ3) is 1.85. The average molecular weight is 211 g/mol. The Kier molecular flexibility index (Phi) is 2.64. The van der Waals surface area contributed by atoms with E-state index in [1.54, 1.807) is 11.3 Å². The third-order valence-corrected chi connectivity index (χ3v) is 3.86. The standard InChI is InChI=1S/C11H17NOS/c1-8-6-12-11(3,13-7-8)10-5-4-9(2)14-10/h4-5,8,12H,6-7H2,1-3H3. The van der Waals surface area contributed by atoms with Crippen molar-refractivity contribution >= 4 is 11.3 Å². The summed E-state index contributed by atoms with van der Waals surface area (Å²) in [5.74, 6) is 0.615. The van der Waals surface area contributed by atoms with E-state index in [1.807, 2.05) is 0 Å². The van der Waals surface area contributed by atoms with Gasteiger partial charge in [0.2, 0.25) is 0 Å². The number of aryl methyl sites for hydroxylation is 1. The SMILES string of the molecule is Cc1ccc(C2(C)NCC(C)CO2)s1. The third-order valence-electron chi connectivity index (χ3n) is 2.65. The van der Waals surface area contributed by atoms with Crippen molar-refractivity contribution in [3.63, 3.8) is 0 Å². The first-order chi connectivity index (χ1) is 6.60. The number of hydrogen-bond donors (Lipinski definition) is 1. The molecule has 2 atom stereocenters. The van der Waals surface area contributed by atoms with Crippen molar-refractivity contribution in [3.8, 4) is 0 Å². The van der Waals surface area contributed by atoms with Crippen LogP contribution in [0.4, 0.5) is 0 Å². The van der Waals surface area contributed by atoms with Crippen LogP contribution in [0, 0.1) is 12.8 Å². The maximum absolute atomic E-state index is 5.88. The van der Waals surface area contributed by atoms with Crippen molar-refractivity contribution in [2.24, 2.45) is 5.92 Å². The molecule has 0 aliphatic carbocycles. The van der Waals surface area contributed by atoms with Crippen LogP contribution in [0.25, 0.3) is 0 Å². The molecular weight excluding hydrogens is 194 g/mol. The Bertz CT molecular complexity index is 313. The van der Waals surface area contributed by atoms with Crippen molar-refractivity contribution in [2.75, 3.05) is 13.2 Å². The minimum Gasteiger partial charge on any atom is -0.355 e. The van der Waals surface area contributed by atoms with E-state index in [1.165, 1.54) is 9.75 Å². The fourth-order valence-electron chi connectivity index (χ4n) is 1.64. The van der Waals surface area contributed by atoms with Crippen LogP contribution < -0.4 is 5.32 Å². The Morgan fingerprint density at radius 3 is 2.86 bits per heavy atom. The second-order valence-electron chi connectivity index (χ2n) is 4.24. The quantitative estimate of drug-likeness (QED) is 0.770. The first-order valence-corrected chi connectivity index (χ1v) is 5.88. The van der Waals surface area contributed by atoms with Crippen molar-refractivity contribution in [1.29, 1.82) is 0 Å². The molecule has 14 heavy (non-hydrogen) atoms. The molecule has 1 aliphatic heterocycles. The molecule has 0 radical (unpaired) electrons. The van der Waals surface area contributed by atoms with Crippen LogP contribution in [0.1, 0.15) is 23.6 Å². The van der Waals surface area contributed by atoms with Crippen molar-refractivity contribution in [3.05, 3.63) is 21.9 Å². The molecule has 0 spiro atoms. The molecular formula is C11H17NOS. The number of thiophene rings is 1. The smallest absolute Gasteiger partial charge is 0.151 e. The van der Waals surface area contributed by atoms with E-state index in [-0.39, 0.29) is 5.72 Å². The van der Waals surface area contributed by atoms with Crippen LogP contribution in [0.15, 0.2) is 12.1 Å². The lowest BCUT2D eigenvalue weighted by Crippen LogP contribution is -2.49. The van der Waals surface area contributed by atoms with Gasteiger partial charge in [-0.25, -0.2) is 0 Å². The van der Waals surface area contributed by atoms with Crippen molar-refractivity contribution < 1.29 is 4.74 Å². The van der Waals surface area contributed by atoms with Gasteiger partial charge in [-0.2, -0.15) is 0 Å². The van der Waals surface area contributed by atoms with Crippen LogP contribution >= 0.6 is 11.3 Å². The van der Waals surface area contributed by atoms with Crippen LogP contribution in [0.3, 0.4) is 0 Å². The summed E-state index contributed by atoms with van der Waals surface area (Å²) in [6, 6.07) is 4.30. The molecule has 2 unspecified atom stereocenters. The van der Waals surface area contributed by atoms with E-state index in [9.17, 15) is 0 Å². The highest BCUT2D eigenvalue weighted by Crippen LogP contribution is 2.31. The molecule has 0 bridgehead atoms. The van der Waals surface area contributed by atoms with Gasteiger partial charge in [-0.3, -0.25) is 5.32 Å². The molecule has 1 aromatic rings. The predicted octanol–water partition coefficient (Wildman–Crippen LogP) is 2.49. The van der Waals surface area contributed by atoms with E-state index in [0.717, 1.165) is 13.2 Å². The largest absolute Gasteiger partial charge is 0.355 e. The molecule has 0 aromatic carbocycles. The van der Waals surface area contributed by atoms with Crippen LogP contribution in [-0.2, 0) is 10.5 Å². The Labute approximate surface area is 89.3 Å². The molecule has 1 fully saturated rings. The first-order valence-electron chi connectivity index (χ1n) is 5.06. The molecule has 0 amide bonds. The highest BCUT2D eigenvalue weighted by atomic mass is 32.1. The summed E-state index contributed by atoms with van der Waals surface area (Å²) >= 11 is 1.81. The second-order valence-corrected chi connectivity index (χ2v) is 5.53. The molecule has 78 valence electrons. The number of nitrogens with one attached hydrogen (secondary N) is 1. The molecule has 0 saturated carbocycles. The number of hydrogen-bond acceptors (Lipinski definition) is 3. The highest BCUT2D eigenvalue weighted by molar-refractivity contribution is 7.12. The minimum absolute atomic E-state index is 0.258. The summed E-state index contributed by atoms with van der Waals surface area (Å²) < 4.78 is 5.88. The van der Waals surface area contributed by atoms with Gasteiger partial charge >= 0.3 is 0 Å². The molecule has 2 heterocycles. The van der Waals surface area contributed by atoms with Gasteiger partial charge in [0.1, 0.15) is 0 Å². The first kappa shape index (κ1) is 10.1. The molecule has 1 saturated heterocycles. The normalized spacial score (nSPS) is 33.2. The zero-order valence-corrected chi connectivity index (χ0v) is 9.78. The average Bonchev–Trinajstić information content (AvgIpc) is 2.58. The molecule has 3 heteroatoms. The topological polar surface area (TPSA) is 21.3 Å². The Morgan fingerprint density at radius 1 is 1.57 bits per heavy atom. The fraction of sp³-hybridized carbons (Fsp3) is 0.636. The summed E-state index contributed by atoms with van der Waals surface area (Å²) in [7, 11) is 0. The van der Waals surface area contributed by atoms with Gasteiger partial charge in [-0.15, -0.1) is 11.3 Å². The number of ether oxygens (including phenoxy) is 1. The van der Waals surface area contributed by atoms with Gasteiger partial charge in [-0.05, 0) is 31.9 Å². The van der Waals surface area contributed by atoms with Gasteiger partial charge in [-0.1, -0.05) is 6.92 Å². The van der Waals surface area contributed by atoms with E-state index in [4.69, 9.17) is 4.74 Å². The van der Waals surface area contributed by atoms with Gasteiger partial charge in [0.05, 0.1) is 11.5 Å². The van der Waals surface area contributed by atoms with Gasteiger partial charge in [0.15, 0.2) is 5.72 Å². The van der Waals surface area contributed by atoms with E-state index >= 15 is 0 Å². The highest BCUT2D eigenvalue weighted by Gasteiger charge is 2.32. The summed E-state index contributed by atoms with van der Waals surface area (Å²) in [5.41, 5.74) is -0.258. The second kappa shape index (κ2) is 3.65. The fourth-order valence-corrected chi connectivity index (χ4v) is 2.58. The van der Waals surface area contributed by atoms with E-state index < -0.39 is 0 Å². The molecule has 2 nitrogen and oxygen atoms in total. The summed E-state index contributed by atoms with van der Waals surface area (Å²) in [6.07, 6.45) is 0. The summed E-state index contributed by atoms with van der Waals surface area (Å²) in [5, 5.41) is 3.46. The Morgan fingerprint density at radius 2 is 2.36 bits per heavy atom. The van der Waals surface area contributed by atoms with Gasteiger partial charge in [0.25, 0.3) is 0 Å².